The molecule has 0 aromatic carbocycles. The molecule has 1 unspecified atom stereocenters. The maximum absolute atomic E-state index is 12.7. The van der Waals surface area contributed by atoms with Crippen molar-refractivity contribution in [2.75, 3.05) is 13.7 Å². The Labute approximate surface area is 157 Å². The average Bonchev–Trinajstić information content (AvgIpc) is 2.59. The third kappa shape index (κ3) is 4.18. The van der Waals surface area contributed by atoms with E-state index in [0.29, 0.717) is 17.0 Å². The van der Waals surface area contributed by atoms with Crippen molar-refractivity contribution in [1.82, 2.24) is 10.2 Å². The van der Waals surface area contributed by atoms with Crippen LogP contribution in [-0.2, 0) is 14.3 Å². The van der Waals surface area contributed by atoms with Crippen molar-refractivity contribution in [2.24, 2.45) is 5.92 Å². The topological polar surface area (TPSA) is 111 Å². The molecule has 0 bridgehead atoms. The second-order valence-electron chi connectivity index (χ2n) is 6.46. The van der Waals surface area contributed by atoms with Crippen molar-refractivity contribution in [3.63, 3.8) is 0 Å². The third-order valence-electron chi connectivity index (χ3n) is 4.20. The lowest BCUT2D eigenvalue weighted by atomic mass is 9.83. The van der Waals surface area contributed by atoms with Crippen molar-refractivity contribution in [3.05, 3.63) is 56.7 Å². The summed E-state index contributed by atoms with van der Waals surface area (Å²) in [6, 6.07) is 0. The molecule has 0 radical (unpaired) electrons. The van der Waals surface area contributed by atoms with Gasteiger partial charge in [0.05, 0.1) is 29.4 Å². The molecule has 27 heavy (non-hydrogen) atoms. The molecule has 2 rings (SSSR count). The van der Waals surface area contributed by atoms with E-state index in [4.69, 9.17) is 4.74 Å². The lowest BCUT2D eigenvalue weighted by Crippen LogP contribution is -2.35. The zero-order valence-electron chi connectivity index (χ0n) is 15.9. The highest BCUT2D eigenvalue weighted by molar-refractivity contribution is 5.92. The highest BCUT2D eigenvalue weighted by atomic mass is 16.6. The fourth-order valence-electron chi connectivity index (χ4n) is 3.07. The summed E-state index contributed by atoms with van der Waals surface area (Å²) in [5.74, 6) is -1.51. The van der Waals surface area contributed by atoms with Gasteiger partial charge in [-0.2, -0.15) is 0 Å². The minimum Gasteiger partial charge on any atom is -0.460 e. The third-order valence-corrected chi connectivity index (χ3v) is 4.20. The number of hydrogen-bond donors (Lipinski definition) is 1. The first-order valence-corrected chi connectivity index (χ1v) is 8.44. The quantitative estimate of drug-likeness (QED) is 0.455. The minimum atomic E-state index is -0.899. The molecule has 2 aliphatic heterocycles. The Morgan fingerprint density at radius 3 is 2.48 bits per heavy atom. The molecule has 146 valence electrons. The van der Waals surface area contributed by atoms with Gasteiger partial charge in [0, 0.05) is 18.4 Å². The Balaban J connectivity index is 2.48. The van der Waals surface area contributed by atoms with Crippen LogP contribution in [-0.4, -0.2) is 41.6 Å². The van der Waals surface area contributed by atoms with E-state index >= 15 is 0 Å². The number of rotatable bonds is 4. The van der Waals surface area contributed by atoms with Gasteiger partial charge in [0.2, 0.25) is 0 Å². The van der Waals surface area contributed by atoms with Gasteiger partial charge < -0.3 is 14.8 Å². The van der Waals surface area contributed by atoms with E-state index in [1.54, 1.807) is 39.8 Å². The number of esters is 1. The number of methoxy groups -OCH3 is 1. The number of nitrogens with one attached hydrogen (secondary N) is 1. The largest absolute Gasteiger partial charge is 0.460 e. The summed E-state index contributed by atoms with van der Waals surface area (Å²) in [5, 5.41) is 14.6. The Hall–Kier alpha value is -3.10. The molecule has 0 aromatic heterocycles. The number of amides is 1. The molecule has 9 nitrogen and oxygen atoms in total. The number of hydrogen-bond acceptors (Lipinski definition) is 7. The van der Waals surface area contributed by atoms with Crippen LogP contribution in [0.3, 0.4) is 0 Å². The van der Waals surface area contributed by atoms with Crippen molar-refractivity contribution in [1.29, 1.82) is 0 Å². The number of allylic oxidation sites excluding steroid dienone is 4. The highest BCUT2D eigenvalue weighted by Gasteiger charge is 2.42. The maximum atomic E-state index is 12.7. The minimum absolute atomic E-state index is 0.126. The molecule has 0 aromatic rings. The van der Waals surface area contributed by atoms with Crippen molar-refractivity contribution < 1.29 is 24.0 Å². The van der Waals surface area contributed by atoms with E-state index in [1.807, 2.05) is 0 Å². The summed E-state index contributed by atoms with van der Waals surface area (Å²) >= 11 is 0. The Morgan fingerprint density at radius 1 is 1.33 bits per heavy atom. The molecule has 2 heterocycles. The molecular formula is C18H23N3O6. The highest BCUT2D eigenvalue weighted by Crippen LogP contribution is 2.37. The van der Waals surface area contributed by atoms with Crippen LogP contribution in [0, 0.1) is 16.0 Å². The van der Waals surface area contributed by atoms with Crippen molar-refractivity contribution in [2.45, 2.75) is 33.8 Å². The number of dihydropyridines is 1. The standard InChI is InChI=1S/C18H23N3O6/c1-10(2)27-17(22)14-11(3)19-12(4)16(21(24)25)15(14)13-6-8-20(9-7-13)18(23)26-5/h6-8,10,15,19H,9H2,1-5H3. The number of nitro groups is 1. The summed E-state index contributed by atoms with van der Waals surface area (Å²) in [6.07, 6.45) is 3.81. The van der Waals surface area contributed by atoms with E-state index < -0.39 is 22.9 Å². The van der Waals surface area contributed by atoms with Crippen LogP contribution in [0.25, 0.3) is 0 Å². The van der Waals surface area contributed by atoms with Gasteiger partial charge >= 0.3 is 12.1 Å². The van der Waals surface area contributed by atoms with E-state index in [2.05, 4.69) is 10.1 Å². The summed E-state index contributed by atoms with van der Waals surface area (Å²) < 4.78 is 9.97. The molecule has 2 aliphatic rings. The Morgan fingerprint density at radius 2 is 2.00 bits per heavy atom. The monoisotopic (exact) mass is 377 g/mol. The Bertz CT molecular complexity index is 791. The first kappa shape index (κ1) is 20.2. The predicted octanol–water partition coefficient (Wildman–Crippen LogP) is 2.46. The zero-order valence-corrected chi connectivity index (χ0v) is 15.9. The van der Waals surface area contributed by atoms with Gasteiger partial charge in [0.25, 0.3) is 5.70 Å². The molecule has 1 N–H and O–H groups in total. The van der Waals surface area contributed by atoms with Gasteiger partial charge in [-0.1, -0.05) is 6.08 Å². The Kier molecular flexibility index (Phi) is 6.04. The first-order chi connectivity index (χ1) is 12.7. The van der Waals surface area contributed by atoms with Crippen LogP contribution in [0.15, 0.2) is 46.6 Å². The van der Waals surface area contributed by atoms with E-state index in [1.165, 1.54) is 18.2 Å². The number of nitrogens with zero attached hydrogens (tertiary/aromatic N) is 2. The molecular weight excluding hydrogens is 354 g/mol. The molecule has 0 aliphatic carbocycles. The molecule has 1 atom stereocenters. The molecule has 0 fully saturated rings. The number of carbonyl (C=O) groups excluding carboxylic acids is 2. The van der Waals surface area contributed by atoms with Crippen LogP contribution in [0.1, 0.15) is 27.7 Å². The average molecular weight is 377 g/mol. The van der Waals surface area contributed by atoms with Gasteiger partial charge in [-0.25, -0.2) is 9.59 Å². The first-order valence-electron chi connectivity index (χ1n) is 8.44. The molecule has 0 spiro atoms. The normalized spacial score (nSPS) is 19.7. The van der Waals surface area contributed by atoms with E-state index in [9.17, 15) is 19.7 Å². The molecule has 0 saturated carbocycles. The SMILES string of the molecule is COC(=O)N1C=CC(C2C(C(=O)OC(C)C)=C(C)NC(C)=C2[N+](=O)[O-])=CC1. The fraction of sp³-hybridized carbons (Fsp3) is 0.444. The number of carbonyl (C=O) groups is 2. The summed E-state index contributed by atoms with van der Waals surface area (Å²) in [7, 11) is 1.27. The summed E-state index contributed by atoms with van der Waals surface area (Å²) in [6.45, 7) is 6.87. The van der Waals surface area contributed by atoms with Gasteiger partial charge in [-0.05, 0) is 39.3 Å². The zero-order chi connectivity index (χ0) is 20.3. The molecule has 1 amide bonds. The van der Waals surface area contributed by atoms with Crippen molar-refractivity contribution >= 4 is 12.1 Å². The van der Waals surface area contributed by atoms with E-state index in [-0.39, 0.29) is 23.9 Å². The van der Waals surface area contributed by atoms with Crippen LogP contribution in [0.5, 0.6) is 0 Å². The fourth-order valence-corrected chi connectivity index (χ4v) is 3.07. The number of ether oxygens (including phenoxy) is 2. The predicted molar refractivity (Wildman–Crippen MR) is 96.6 cm³/mol. The summed E-state index contributed by atoms with van der Waals surface area (Å²) in [4.78, 5) is 36.8. The van der Waals surface area contributed by atoms with Crippen molar-refractivity contribution in [3.8, 4) is 0 Å². The van der Waals surface area contributed by atoms with Gasteiger partial charge in [-0.3, -0.25) is 15.0 Å². The lowest BCUT2D eigenvalue weighted by Gasteiger charge is -2.29. The van der Waals surface area contributed by atoms with Crippen LogP contribution >= 0.6 is 0 Å². The molecule has 9 heteroatoms. The van der Waals surface area contributed by atoms with E-state index in [0.717, 1.165) is 0 Å². The van der Waals surface area contributed by atoms with Crippen LogP contribution < -0.4 is 5.32 Å². The van der Waals surface area contributed by atoms with Crippen LogP contribution in [0.2, 0.25) is 0 Å². The second kappa shape index (κ2) is 8.07. The second-order valence-corrected chi connectivity index (χ2v) is 6.46. The molecule has 0 saturated heterocycles. The van der Waals surface area contributed by atoms with Crippen LogP contribution in [0.4, 0.5) is 4.79 Å². The summed E-state index contributed by atoms with van der Waals surface area (Å²) in [5.41, 5.74) is 1.45. The maximum Gasteiger partial charge on any atom is 0.413 e. The lowest BCUT2D eigenvalue weighted by molar-refractivity contribution is -0.433. The smallest absolute Gasteiger partial charge is 0.413 e. The van der Waals surface area contributed by atoms with Gasteiger partial charge in [0.15, 0.2) is 0 Å². The van der Waals surface area contributed by atoms with Gasteiger partial charge in [-0.15, -0.1) is 0 Å². The van der Waals surface area contributed by atoms with Gasteiger partial charge in [0.1, 0.15) is 5.92 Å².